The molecule has 9 aromatic carbocycles. The normalized spacial score (nSPS) is 14.5. The molecule has 0 saturated heterocycles. The van der Waals surface area contributed by atoms with Gasteiger partial charge in [-0.05, 0) is 126 Å². The Kier molecular flexibility index (Phi) is 8.04. The topological polar surface area (TPSA) is 54.2 Å². The maximum absolute atomic E-state index is 7.80. The van der Waals surface area contributed by atoms with E-state index in [4.69, 9.17) is 21.3 Å². The number of fused-ring (bicyclic) bond motifs is 18. The van der Waals surface area contributed by atoms with Crippen molar-refractivity contribution in [3.63, 3.8) is 0 Å². The smallest absolute Gasteiger partial charge is 0.188 e. The van der Waals surface area contributed by atoms with Gasteiger partial charge in [-0.15, -0.1) is 0 Å². The second kappa shape index (κ2) is 14.8. The van der Waals surface area contributed by atoms with Crippen molar-refractivity contribution < 1.29 is 4.74 Å². The van der Waals surface area contributed by atoms with Gasteiger partial charge in [0, 0.05) is 78.6 Å². The predicted molar refractivity (Wildman–Crippen MR) is 294 cm³/mol. The van der Waals surface area contributed by atoms with Gasteiger partial charge in [0.15, 0.2) is 5.69 Å². The van der Waals surface area contributed by atoms with E-state index in [0.717, 1.165) is 106 Å². The first-order valence-electron chi connectivity index (χ1n) is 24.6. The molecule has 73 heavy (non-hydrogen) atoms. The lowest BCUT2D eigenvalue weighted by Crippen LogP contribution is -2.32. The molecule has 16 rings (SSSR count). The zero-order valence-corrected chi connectivity index (χ0v) is 39.0. The van der Waals surface area contributed by atoms with Gasteiger partial charge in [-0.1, -0.05) is 109 Å². The molecule has 5 aromatic heterocycles. The summed E-state index contributed by atoms with van der Waals surface area (Å²) >= 11 is 0. The first kappa shape index (κ1) is 39.8. The Hall–Kier alpha value is -10.0. The maximum Gasteiger partial charge on any atom is 0.188 e. The van der Waals surface area contributed by atoms with Crippen molar-refractivity contribution in [2.24, 2.45) is 0 Å². The van der Waals surface area contributed by atoms with Crippen LogP contribution in [0.25, 0.3) is 110 Å². The van der Waals surface area contributed by atoms with Crippen molar-refractivity contribution in [2.75, 3.05) is 0 Å². The molecule has 0 bridgehead atoms. The molecule has 7 heteroatoms. The molecule has 0 radical (unpaired) electrons. The average Bonchev–Trinajstić information content (AvgIpc) is 4.19. The molecule has 1 aliphatic carbocycles. The molecule has 0 N–H and O–H groups in total. The standard InChI is InChI=1S/C66H38N6O/c1-67-42-25-32-61-51(37-42)49-16-5-10-22-59(49)72(61)45-30-33-63-54(38-45)66(52-17-6-11-23-62(52)73-63)53-18-12-34-68-64(53)65-55(66)36-41(39-69-65)40-24-31-60-50(35-40)48-15-4-9-21-58(48)71(60)44-28-26-43(27-29-44)70-56-19-7-2-13-46(56)47-14-3-8-20-57(47)70/h2-39H. The number of para-hydroxylation sites is 5. The van der Waals surface area contributed by atoms with Gasteiger partial charge in [0.05, 0.1) is 56.5 Å². The van der Waals surface area contributed by atoms with E-state index in [9.17, 15) is 0 Å². The highest BCUT2D eigenvalue weighted by Crippen LogP contribution is 2.62. The second-order valence-electron chi connectivity index (χ2n) is 19.2. The molecule has 6 heterocycles. The van der Waals surface area contributed by atoms with Crippen LogP contribution in [0.3, 0.4) is 0 Å². The summed E-state index contributed by atoms with van der Waals surface area (Å²) in [6.45, 7) is 7.80. The highest BCUT2D eigenvalue weighted by Gasteiger charge is 2.52. The summed E-state index contributed by atoms with van der Waals surface area (Å²) in [7, 11) is 0. The van der Waals surface area contributed by atoms with Gasteiger partial charge in [-0.25, -0.2) is 4.85 Å². The molecule has 0 amide bonds. The third-order valence-electron chi connectivity index (χ3n) is 15.6. The van der Waals surface area contributed by atoms with Crippen molar-refractivity contribution in [3.8, 4) is 51.1 Å². The third kappa shape index (κ3) is 5.36. The highest BCUT2D eigenvalue weighted by molar-refractivity contribution is 6.12. The fourth-order valence-corrected chi connectivity index (χ4v) is 12.6. The molecular weight excluding hydrogens is 893 g/mol. The number of pyridine rings is 2. The minimum Gasteiger partial charge on any atom is -0.457 e. The zero-order chi connectivity index (χ0) is 47.9. The number of rotatable bonds is 4. The molecule has 338 valence electrons. The number of ether oxygens (including phenoxy) is 1. The Labute approximate surface area is 418 Å². The van der Waals surface area contributed by atoms with Crippen LogP contribution in [0, 0.1) is 6.57 Å². The predicted octanol–water partition coefficient (Wildman–Crippen LogP) is 16.5. The van der Waals surface area contributed by atoms with Crippen molar-refractivity contribution in [1.82, 2.24) is 23.7 Å². The summed E-state index contributed by atoms with van der Waals surface area (Å²) in [5, 5.41) is 6.99. The molecule has 1 spiro atoms. The van der Waals surface area contributed by atoms with Crippen LogP contribution in [0.15, 0.2) is 231 Å². The van der Waals surface area contributed by atoms with Crippen LogP contribution >= 0.6 is 0 Å². The molecule has 1 unspecified atom stereocenters. The summed E-state index contributed by atoms with van der Waals surface area (Å²) in [6, 6.07) is 77.9. The van der Waals surface area contributed by atoms with E-state index >= 15 is 0 Å². The second-order valence-corrected chi connectivity index (χ2v) is 19.2. The highest BCUT2D eigenvalue weighted by atomic mass is 16.5. The number of hydrogen-bond acceptors (Lipinski definition) is 3. The van der Waals surface area contributed by atoms with Gasteiger partial charge in [-0.3, -0.25) is 9.97 Å². The number of hydrogen-bond donors (Lipinski definition) is 0. The van der Waals surface area contributed by atoms with Crippen LogP contribution < -0.4 is 4.74 Å². The fraction of sp³-hybridized carbons (Fsp3) is 0.0152. The number of benzene rings is 9. The zero-order valence-electron chi connectivity index (χ0n) is 39.0. The summed E-state index contributed by atoms with van der Waals surface area (Å²) in [4.78, 5) is 14.2. The van der Waals surface area contributed by atoms with E-state index in [-0.39, 0.29) is 0 Å². The van der Waals surface area contributed by atoms with Gasteiger partial charge >= 0.3 is 0 Å². The summed E-state index contributed by atoms with van der Waals surface area (Å²) in [6.07, 6.45) is 3.89. The van der Waals surface area contributed by atoms with E-state index in [2.05, 4.69) is 213 Å². The quantitative estimate of drug-likeness (QED) is 0.165. The van der Waals surface area contributed by atoms with Gasteiger partial charge in [0.25, 0.3) is 0 Å². The van der Waals surface area contributed by atoms with E-state index in [1.54, 1.807) is 0 Å². The lowest BCUT2D eigenvalue weighted by atomic mass is 9.66. The molecule has 0 fully saturated rings. The van der Waals surface area contributed by atoms with Gasteiger partial charge < -0.3 is 18.4 Å². The summed E-state index contributed by atoms with van der Waals surface area (Å²) in [5.74, 6) is 1.58. The van der Waals surface area contributed by atoms with E-state index in [0.29, 0.717) is 5.69 Å². The Morgan fingerprint density at radius 1 is 0.370 bits per heavy atom. The monoisotopic (exact) mass is 930 g/mol. The fourth-order valence-electron chi connectivity index (χ4n) is 12.6. The SMILES string of the molecule is [C-]#[N+]c1ccc2c(c1)c1ccccc1n2-c1ccc2c(c1)C1(c3ccccc3O2)c2cccnc2-c2ncc(-c3ccc4c(c3)c3ccccc3n4-c3ccc(-n4c5ccccc5c5ccccc54)cc3)cc21. The molecular formula is C66H38N6O. The molecule has 1 atom stereocenters. The number of nitrogens with zero attached hydrogens (tertiary/aromatic N) is 6. The molecule has 0 saturated carbocycles. The van der Waals surface area contributed by atoms with Gasteiger partial charge in [0.1, 0.15) is 11.5 Å². The van der Waals surface area contributed by atoms with Crippen LogP contribution in [0.2, 0.25) is 0 Å². The van der Waals surface area contributed by atoms with Crippen LogP contribution in [-0.4, -0.2) is 23.7 Å². The van der Waals surface area contributed by atoms with Crippen molar-refractivity contribution >= 4 is 71.1 Å². The molecule has 1 aliphatic heterocycles. The van der Waals surface area contributed by atoms with Gasteiger partial charge in [-0.2, -0.15) is 0 Å². The summed E-state index contributed by atoms with van der Waals surface area (Å²) < 4.78 is 14.0. The molecule has 2 aliphatic rings. The largest absolute Gasteiger partial charge is 0.457 e. The van der Waals surface area contributed by atoms with Gasteiger partial charge in [0.2, 0.25) is 0 Å². The maximum atomic E-state index is 7.80. The third-order valence-corrected chi connectivity index (χ3v) is 15.6. The molecule has 7 nitrogen and oxygen atoms in total. The van der Waals surface area contributed by atoms with E-state index < -0.39 is 5.41 Å². The van der Waals surface area contributed by atoms with Crippen LogP contribution in [0.5, 0.6) is 11.5 Å². The summed E-state index contributed by atoms with van der Waals surface area (Å²) in [5.41, 5.74) is 17.8. The van der Waals surface area contributed by atoms with Crippen molar-refractivity contribution in [2.45, 2.75) is 5.41 Å². The first-order valence-corrected chi connectivity index (χ1v) is 24.6. The van der Waals surface area contributed by atoms with Crippen LogP contribution in [0.4, 0.5) is 5.69 Å². The number of aromatic nitrogens is 5. The van der Waals surface area contributed by atoms with E-state index in [1.165, 1.54) is 32.6 Å². The van der Waals surface area contributed by atoms with Crippen LogP contribution in [-0.2, 0) is 5.41 Å². The minimum atomic E-state index is -0.816. The molecule has 14 aromatic rings. The van der Waals surface area contributed by atoms with Crippen molar-refractivity contribution in [3.05, 3.63) is 264 Å². The van der Waals surface area contributed by atoms with E-state index in [1.807, 2.05) is 36.7 Å². The Morgan fingerprint density at radius 2 is 0.877 bits per heavy atom. The first-order chi connectivity index (χ1) is 36.2. The Morgan fingerprint density at radius 3 is 1.53 bits per heavy atom. The average molecular weight is 931 g/mol. The minimum absolute atomic E-state index is 0.617. The van der Waals surface area contributed by atoms with Crippen LogP contribution in [0.1, 0.15) is 22.3 Å². The van der Waals surface area contributed by atoms with Crippen molar-refractivity contribution in [1.29, 1.82) is 0 Å². The lowest BCUT2D eigenvalue weighted by Gasteiger charge is -2.39. The Bertz CT molecular complexity index is 4690. The Balaban J connectivity index is 0.872. The lowest BCUT2D eigenvalue weighted by molar-refractivity contribution is 0.436.